The van der Waals surface area contributed by atoms with Crippen LogP contribution >= 0.6 is 12.2 Å². The van der Waals surface area contributed by atoms with Crippen LogP contribution in [0.15, 0.2) is 23.0 Å². The van der Waals surface area contributed by atoms with Crippen LogP contribution in [0.3, 0.4) is 0 Å². The fourth-order valence-electron chi connectivity index (χ4n) is 3.70. The number of nitrogens with zero attached hydrogens (tertiary/aromatic N) is 2. The molecule has 0 saturated heterocycles. The van der Waals surface area contributed by atoms with Gasteiger partial charge in [-0.2, -0.15) is 0 Å². The van der Waals surface area contributed by atoms with Gasteiger partial charge in [-0.15, -0.1) is 6.42 Å². The summed E-state index contributed by atoms with van der Waals surface area (Å²) in [5.41, 5.74) is 0.968. The van der Waals surface area contributed by atoms with Crippen LogP contribution in [0.4, 0.5) is 0 Å². The number of H-pyrrole nitrogens is 1. The van der Waals surface area contributed by atoms with Crippen molar-refractivity contribution in [3.63, 3.8) is 0 Å². The zero-order valence-corrected chi connectivity index (χ0v) is 15.8. The number of carbonyl (C=O) groups excluding carboxylic acids is 1. The third kappa shape index (κ3) is 3.45. The van der Waals surface area contributed by atoms with Gasteiger partial charge in [-0.1, -0.05) is 25.2 Å². The summed E-state index contributed by atoms with van der Waals surface area (Å²) < 4.78 is 1.87. The molecule has 1 aromatic carbocycles. The van der Waals surface area contributed by atoms with Gasteiger partial charge in [0.25, 0.3) is 11.5 Å². The van der Waals surface area contributed by atoms with Crippen molar-refractivity contribution in [3.05, 3.63) is 38.9 Å². The Hall–Kier alpha value is -2.39. The second-order valence-electron chi connectivity index (χ2n) is 6.67. The summed E-state index contributed by atoms with van der Waals surface area (Å²) in [6, 6.07) is 5.29. The van der Waals surface area contributed by atoms with Crippen molar-refractivity contribution in [2.45, 2.75) is 51.6 Å². The molecule has 0 atom stereocenters. The zero-order valence-electron chi connectivity index (χ0n) is 15.0. The number of hydrogen-bond acceptors (Lipinski definition) is 3. The molecule has 3 rings (SSSR count). The molecule has 0 bridgehead atoms. The Labute approximate surface area is 158 Å². The van der Waals surface area contributed by atoms with Gasteiger partial charge in [0.15, 0.2) is 4.77 Å². The SMILES string of the molecule is C#CCN(C(=O)c1ccc2c(=O)n(CC)c(=S)[nH]c2c1)C1CCCCC1. The standard InChI is InChI=1S/C20H23N3O2S/c1-3-12-23(15-8-6-5-7-9-15)18(24)14-10-11-16-17(13-14)21-20(26)22(4-2)19(16)25/h1,10-11,13,15H,4-9,12H2,2H3,(H,21,26). The summed E-state index contributed by atoms with van der Waals surface area (Å²) in [5, 5.41) is 0.526. The van der Waals surface area contributed by atoms with Gasteiger partial charge in [0.05, 0.1) is 17.4 Å². The van der Waals surface area contributed by atoms with Crippen LogP contribution in [0, 0.1) is 17.1 Å². The number of terminal acetylenes is 1. The predicted octanol–water partition coefficient (Wildman–Crippen LogP) is 3.49. The summed E-state index contributed by atoms with van der Waals surface area (Å²) in [4.78, 5) is 30.4. The molecule has 26 heavy (non-hydrogen) atoms. The molecule has 0 radical (unpaired) electrons. The molecule has 0 aliphatic heterocycles. The zero-order chi connectivity index (χ0) is 18.7. The lowest BCUT2D eigenvalue weighted by molar-refractivity contribution is 0.0667. The smallest absolute Gasteiger partial charge is 0.262 e. The highest BCUT2D eigenvalue weighted by Gasteiger charge is 2.26. The van der Waals surface area contributed by atoms with Crippen LogP contribution in [0.5, 0.6) is 0 Å². The quantitative estimate of drug-likeness (QED) is 0.663. The van der Waals surface area contributed by atoms with Crippen molar-refractivity contribution in [3.8, 4) is 12.3 Å². The molecule has 1 fully saturated rings. The van der Waals surface area contributed by atoms with E-state index in [2.05, 4.69) is 10.9 Å². The van der Waals surface area contributed by atoms with E-state index in [1.807, 2.05) is 6.92 Å². The minimum absolute atomic E-state index is 0.0873. The van der Waals surface area contributed by atoms with E-state index in [4.69, 9.17) is 18.6 Å². The predicted molar refractivity (Wildman–Crippen MR) is 106 cm³/mol. The van der Waals surface area contributed by atoms with E-state index in [0.29, 0.717) is 34.3 Å². The molecular weight excluding hydrogens is 346 g/mol. The molecule has 2 aromatic rings. The number of fused-ring (bicyclic) bond motifs is 1. The molecular formula is C20H23N3O2S. The molecule has 1 aliphatic carbocycles. The van der Waals surface area contributed by atoms with Gasteiger partial charge < -0.3 is 9.88 Å². The maximum atomic E-state index is 13.1. The topological polar surface area (TPSA) is 58.1 Å². The highest BCUT2D eigenvalue weighted by molar-refractivity contribution is 7.71. The third-order valence-corrected chi connectivity index (χ3v) is 5.41. The maximum absolute atomic E-state index is 13.1. The Morgan fingerprint density at radius 1 is 1.38 bits per heavy atom. The number of benzene rings is 1. The number of rotatable bonds is 4. The Morgan fingerprint density at radius 2 is 2.12 bits per heavy atom. The first kappa shape index (κ1) is 18.4. The van der Waals surface area contributed by atoms with Gasteiger partial charge in [-0.3, -0.25) is 14.2 Å². The Kier molecular flexibility index (Phi) is 5.58. The van der Waals surface area contributed by atoms with Crippen LogP contribution in [0.25, 0.3) is 10.9 Å². The Balaban J connectivity index is 2.00. The van der Waals surface area contributed by atoms with Crippen LogP contribution in [-0.4, -0.2) is 32.9 Å². The first-order valence-electron chi connectivity index (χ1n) is 9.08. The summed E-state index contributed by atoms with van der Waals surface area (Å²) in [6.45, 7) is 2.67. The van der Waals surface area contributed by atoms with Gasteiger partial charge in [0.2, 0.25) is 0 Å². The van der Waals surface area contributed by atoms with Gasteiger partial charge >= 0.3 is 0 Å². The number of carbonyl (C=O) groups is 1. The lowest BCUT2D eigenvalue weighted by Crippen LogP contribution is -2.41. The van der Waals surface area contributed by atoms with Crippen molar-refractivity contribution in [2.24, 2.45) is 0 Å². The van der Waals surface area contributed by atoms with Crippen molar-refractivity contribution in [1.82, 2.24) is 14.5 Å². The second kappa shape index (κ2) is 7.88. The largest absolute Gasteiger partial charge is 0.332 e. The molecule has 1 heterocycles. The molecule has 0 unspecified atom stereocenters. The molecule has 5 nitrogen and oxygen atoms in total. The molecule has 1 amide bonds. The highest BCUT2D eigenvalue weighted by atomic mass is 32.1. The maximum Gasteiger partial charge on any atom is 0.262 e. The van der Waals surface area contributed by atoms with Crippen molar-refractivity contribution < 1.29 is 4.79 Å². The first-order chi connectivity index (χ1) is 12.6. The lowest BCUT2D eigenvalue weighted by Gasteiger charge is -2.33. The van der Waals surface area contributed by atoms with E-state index in [1.165, 1.54) is 11.0 Å². The number of nitrogens with one attached hydrogen (secondary N) is 1. The van der Waals surface area contributed by atoms with E-state index in [1.54, 1.807) is 23.1 Å². The molecule has 1 aliphatic rings. The van der Waals surface area contributed by atoms with Crippen LogP contribution in [-0.2, 0) is 6.54 Å². The fourth-order valence-corrected chi connectivity index (χ4v) is 4.02. The van der Waals surface area contributed by atoms with Gasteiger partial charge in [-0.05, 0) is 50.2 Å². The minimum atomic E-state index is -0.141. The lowest BCUT2D eigenvalue weighted by atomic mass is 9.93. The van der Waals surface area contributed by atoms with E-state index in [-0.39, 0.29) is 17.5 Å². The van der Waals surface area contributed by atoms with Crippen molar-refractivity contribution in [1.29, 1.82) is 0 Å². The van der Waals surface area contributed by atoms with E-state index >= 15 is 0 Å². The number of aromatic amines is 1. The summed E-state index contributed by atoms with van der Waals surface area (Å²) in [5.74, 6) is 2.53. The average Bonchev–Trinajstić information content (AvgIpc) is 2.66. The molecule has 0 spiro atoms. The van der Waals surface area contributed by atoms with Gasteiger partial charge in [0.1, 0.15) is 0 Å². The van der Waals surface area contributed by atoms with Crippen molar-refractivity contribution >= 4 is 29.0 Å². The normalized spacial score (nSPS) is 14.9. The Morgan fingerprint density at radius 3 is 2.77 bits per heavy atom. The molecule has 136 valence electrons. The Bertz CT molecular complexity index is 977. The number of aromatic nitrogens is 2. The van der Waals surface area contributed by atoms with Gasteiger partial charge in [0, 0.05) is 18.2 Å². The number of amides is 1. The van der Waals surface area contributed by atoms with Crippen molar-refractivity contribution in [2.75, 3.05) is 6.54 Å². The fraction of sp³-hybridized carbons (Fsp3) is 0.450. The average molecular weight is 369 g/mol. The summed E-state index contributed by atoms with van der Waals surface area (Å²) >= 11 is 5.26. The van der Waals surface area contributed by atoms with Crippen LogP contribution in [0.2, 0.25) is 0 Å². The monoisotopic (exact) mass is 369 g/mol. The van der Waals surface area contributed by atoms with Gasteiger partial charge in [-0.25, -0.2) is 0 Å². The minimum Gasteiger partial charge on any atom is -0.332 e. The molecule has 1 saturated carbocycles. The highest BCUT2D eigenvalue weighted by Crippen LogP contribution is 2.24. The summed E-state index contributed by atoms with van der Waals surface area (Å²) in [7, 11) is 0. The number of hydrogen-bond donors (Lipinski definition) is 1. The third-order valence-electron chi connectivity index (χ3n) is 5.08. The van der Waals surface area contributed by atoms with E-state index < -0.39 is 0 Å². The van der Waals surface area contributed by atoms with Crippen LogP contribution in [0.1, 0.15) is 49.4 Å². The molecule has 1 aromatic heterocycles. The first-order valence-corrected chi connectivity index (χ1v) is 9.49. The summed E-state index contributed by atoms with van der Waals surface area (Å²) in [6.07, 6.45) is 11.0. The second-order valence-corrected chi connectivity index (χ2v) is 7.06. The molecule has 1 N–H and O–H groups in total. The molecule has 6 heteroatoms. The van der Waals surface area contributed by atoms with Crippen LogP contribution < -0.4 is 5.56 Å². The van der Waals surface area contributed by atoms with E-state index in [0.717, 1.165) is 25.7 Å². The van der Waals surface area contributed by atoms with E-state index in [9.17, 15) is 9.59 Å².